The Morgan fingerprint density at radius 3 is 2.65 bits per heavy atom. The number of carbonyl (C=O) groups is 1. The van der Waals surface area contributed by atoms with Gasteiger partial charge >= 0.3 is 0 Å². The van der Waals surface area contributed by atoms with Gasteiger partial charge in [-0.25, -0.2) is 0 Å². The van der Waals surface area contributed by atoms with Crippen LogP contribution in [0.3, 0.4) is 0 Å². The second-order valence-corrected chi connectivity index (χ2v) is 6.61. The highest BCUT2D eigenvalue weighted by molar-refractivity contribution is 5.88. The van der Waals surface area contributed by atoms with Gasteiger partial charge < -0.3 is 10.4 Å². The summed E-state index contributed by atoms with van der Waals surface area (Å²) >= 11 is 0. The summed E-state index contributed by atoms with van der Waals surface area (Å²) in [6.45, 7) is 3.56. The summed E-state index contributed by atoms with van der Waals surface area (Å²) in [6, 6.07) is 0.166. The van der Waals surface area contributed by atoms with Crippen molar-refractivity contribution in [1.29, 1.82) is 0 Å². The number of carbonyl (C=O) groups excluding carboxylic acids is 1. The Morgan fingerprint density at radius 2 is 2.00 bits per heavy atom. The first-order valence-corrected chi connectivity index (χ1v) is 8.10. The van der Waals surface area contributed by atoms with Crippen LogP contribution in [-0.4, -0.2) is 48.2 Å². The van der Waals surface area contributed by atoms with E-state index < -0.39 is 0 Å². The average molecular weight is 278 g/mol. The van der Waals surface area contributed by atoms with Gasteiger partial charge in [-0.1, -0.05) is 12.8 Å². The van der Waals surface area contributed by atoms with E-state index in [-0.39, 0.29) is 24.5 Å². The zero-order valence-electron chi connectivity index (χ0n) is 12.2. The number of hydrogen-bond acceptors (Lipinski definition) is 3. The molecule has 3 aliphatic heterocycles. The minimum Gasteiger partial charge on any atom is -0.396 e. The lowest BCUT2D eigenvalue weighted by molar-refractivity contribution is -0.118. The molecule has 4 fully saturated rings. The molecule has 4 rings (SSSR count). The lowest BCUT2D eigenvalue weighted by Crippen LogP contribution is -2.45. The Kier molecular flexibility index (Phi) is 4.41. The molecule has 20 heavy (non-hydrogen) atoms. The normalized spacial score (nSPS) is 39.0. The first-order valence-electron chi connectivity index (χ1n) is 8.10. The van der Waals surface area contributed by atoms with Gasteiger partial charge in [0.05, 0.1) is 0 Å². The van der Waals surface area contributed by atoms with Crippen LogP contribution in [0.1, 0.15) is 38.5 Å². The van der Waals surface area contributed by atoms with Crippen LogP contribution in [0.5, 0.6) is 0 Å². The van der Waals surface area contributed by atoms with E-state index in [1.54, 1.807) is 0 Å². The van der Waals surface area contributed by atoms with Crippen molar-refractivity contribution in [3.8, 4) is 0 Å². The lowest BCUT2D eigenvalue weighted by atomic mass is 9.83. The van der Waals surface area contributed by atoms with Gasteiger partial charge in [-0.05, 0) is 50.3 Å². The summed E-state index contributed by atoms with van der Waals surface area (Å²) in [5, 5.41) is 12.5. The van der Waals surface area contributed by atoms with E-state index in [9.17, 15) is 9.90 Å². The van der Waals surface area contributed by atoms with E-state index in [2.05, 4.69) is 10.2 Å². The van der Waals surface area contributed by atoms with Crippen molar-refractivity contribution in [1.82, 2.24) is 10.2 Å². The van der Waals surface area contributed by atoms with Gasteiger partial charge in [-0.3, -0.25) is 9.69 Å². The van der Waals surface area contributed by atoms with Crippen LogP contribution in [0, 0.1) is 11.8 Å². The minimum atomic E-state index is 0.0547. The van der Waals surface area contributed by atoms with E-state index in [1.165, 1.54) is 37.9 Å². The number of hydrogen-bond donors (Lipinski definition) is 2. The standard InChI is InChI=1S/C16H26N2O2/c19-11-13-3-1-2-4-15(13)17-16(20)9-14-10-18-7-5-12(14)6-8-18/h9,12-13,15,19H,1-8,10-11H2,(H,17,20)/b14-9-. The molecule has 4 heteroatoms. The topological polar surface area (TPSA) is 52.6 Å². The summed E-state index contributed by atoms with van der Waals surface area (Å²) in [5.74, 6) is 0.933. The van der Waals surface area contributed by atoms with Crippen molar-refractivity contribution in [2.24, 2.45) is 11.8 Å². The summed E-state index contributed by atoms with van der Waals surface area (Å²) in [6.07, 6.45) is 8.65. The maximum Gasteiger partial charge on any atom is 0.244 e. The fourth-order valence-corrected chi connectivity index (χ4v) is 4.02. The summed E-state index contributed by atoms with van der Waals surface area (Å²) in [7, 11) is 0. The molecule has 0 aromatic heterocycles. The predicted octanol–water partition coefficient (Wildman–Crippen LogP) is 1.31. The average Bonchev–Trinajstić information content (AvgIpc) is 2.49. The quantitative estimate of drug-likeness (QED) is 0.765. The molecule has 0 aromatic carbocycles. The Hall–Kier alpha value is -0.870. The molecule has 2 unspecified atom stereocenters. The van der Waals surface area contributed by atoms with Gasteiger partial charge in [0.25, 0.3) is 0 Å². The highest BCUT2D eigenvalue weighted by atomic mass is 16.3. The van der Waals surface area contributed by atoms with Crippen molar-refractivity contribution in [3.05, 3.63) is 11.6 Å². The fraction of sp³-hybridized carbons (Fsp3) is 0.812. The van der Waals surface area contributed by atoms with Gasteiger partial charge in [-0.15, -0.1) is 0 Å². The lowest BCUT2D eigenvalue weighted by Gasteiger charge is -2.41. The maximum atomic E-state index is 12.2. The Morgan fingerprint density at radius 1 is 1.25 bits per heavy atom. The molecule has 2 N–H and O–H groups in total. The monoisotopic (exact) mass is 278 g/mol. The third-order valence-corrected chi connectivity index (χ3v) is 5.31. The van der Waals surface area contributed by atoms with E-state index in [4.69, 9.17) is 0 Å². The first kappa shape index (κ1) is 14.1. The number of fused-ring (bicyclic) bond motifs is 3. The van der Waals surface area contributed by atoms with E-state index in [1.807, 2.05) is 6.08 Å². The SMILES string of the molecule is O=C(/C=C1/CN2CCC1CC2)NC1CCCCC1CO. The van der Waals surface area contributed by atoms with Gasteiger partial charge in [0.1, 0.15) is 0 Å². The zero-order valence-corrected chi connectivity index (χ0v) is 12.2. The molecule has 3 heterocycles. The van der Waals surface area contributed by atoms with Crippen LogP contribution in [0.2, 0.25) is 0 Å². The molecule has 1 amide bonds. The Bertz CT molecular complexity index is 386. The molecule has 1 saturated carbocycles. The first-order chi connectivity index (χ1) is 9.76. The van der Waals surface area contributed by atoms with E-state index in [0.717, 1.165) is 25.8 Å². The van der Waals surface area contributed by atoms with Crippen molar-refractivity contribution in [2.45, 2.75) is 44.6 Å². The summed E-state index contributed by atoms with van der Waals surface area (Å²) < 4.78 is 0. The van der Waals surface area contributed by atoms with Gasteiger partial charge in [0.15, 0.2) is 0 Å². The molecular weight excluding hydrogens is 252 g/mol. The highest BCUT2D eigenvalue weighted by Gasteiger charge is 2.30. The fourth-order valence-electron chi connectivity index (χ4n) is 4.02. The molecule has 2 bridgehead atoms. The van der Waals surface area contributed by atoms with Crippen molar-refractivity contribution >= 4 is 5.91 Å². The van der Waals surface area contributed by atoms with Crippen molar-refractivity contribution in [2.75, 3.05) is 26.2 Å². The van der Waals surface area contributed by atoms with Crippen LogP contribution in [0.4, 0.5) is 0 Å². The Balaban J connectivity index is 1.59. The van der Waals surface area contributed by atoms with Crippen LogP contribution in [0.25, 0.3) is 0 Å². The molecule has 0 spiro atoms. The predicted molar refractivity (Wildman–Crippen MR) is 78.2 cm³/mol. The van der Waals surface area contributed by atoms with Crippen LogP contribution >= 0.6 is 0 Å². The molecule has 0 aromatic rings. The van der Waals surface area contributed by atoms with Gasteiger partial charge in [-0.2, -0.15) is 0 Å². The molecule has 1 aliphatic carbocycles. The number of nitrogens with zero attached hydrogens (tertiary/aromatic N) is 1. The largest absolute Gasteiger partial charge is 0.396 e. The molecule has 4 nitrogen and oxygen atoms in total. The second kappa shape index (κ2) is 6.27. The van der Waals surface area contributed by atoms with Crippen LogP contribution in [-0.2, 0) is 4.79 Å². The van der Waals surface area contributed by atoms with Crippen molar-refractivity contribution in [3.63, 3.8) is 0 Å². The van der Waals surface area contributed by atoms with Gasteiger partial charge in [0.2, 0.25) is 5.91 Å². The number of nitrogens with one attached hydrogen (secondary N) is 1. The number of piperidine rings is 3. The molecular formula is C16H26N2O2. The molecule has 2 atom stereocenters. The van der Waals surface area contributed by atoms with Gasteiger partial charge in [0, 0.05) is 31.2 Å². The number of aliphatic hydroxyl groups is 1. The number of rotatable bonds is 3. The van der Waals surface area contributed by atoms with E-state index >= 15 is 0 Å². The van der Waals surface area contributed by atoms with Crippen molar-refractivity contribution < 1.29 is 9.90 Å². The summed E-state index contributed by atoms with van der Waals surface area (Å²) in [4.78, 5) is 14.7. The third-order valence-electron chi connectivity index (χ3n) is 5.31. The van der Waals surface area contributed by atoms with E-state index in [0.29, 0.717) is 5.92 Å². The second-order valence-electron chi connectivity index (χ2n) is 6.61. The van der Waals surface area contributed by atoms with Crippen LogP contribution < -0.4 is 5.32 Å². The number of amides is 1. The van der Waals surface area contributed by atoms with Crippen LogP contribution in [0.15, 0.2) is 11.6 Å². The maximum absolute atomic E-state index is 12.2. The minimum absolute atomic E-state index is 0.0547. The highest BCUT2D eigenvalue weighted by Crippen LogP contribution is 2.31. The smallest absolute Gasteiger partial charge is 0.244 e. The zero-order chi connectivity index (χ0) is 13.9. The summed E-state index contributed by atoms with van der Waals surface area (Å²) in [5.41, 5.74) is 1.32. The molecule has 3 saturated heterocycles. The Labute approximate surface area is 121 Å². The molecule has 0 radical (unpaired) electrons. The molecule has 112 valence electrons. The molecule has 4 aliphatic rings. The third kappa shape index (κ3) is 3.07. The number of aliphatic hydroxyl groups excluding tert-OH is 1.